The van der Waals surface area contributed by atoms with E-state index >= 15 is 0 Å². The minimum Gasteiger partial charge on any atom is -0.383 e. The SMILES string of the molecule is CC1(c2ccccc2)C(=O)Nc2nc(-n3nc(Cc4c(F)ccc(F)c4F)c4ccccc43)nc(N)c21. The molecule has 2 aromatic heterocycles. The molecule has 0 spiro atoms. The van der Waals surface area contributed by atoms with Gasteiger partial charge in [0.15, 0.2) is 11.6 Å². The number of hydrogen-bond acceptors (Lipinski definition) is 5. The normalized spacial score (nSPS) is 16.7. The predicted molar refractivity (Wildman–Crippen MR) is 132 cm³/mol. The van der Waals surface area contributed by atoms with Gasteiger partial charge in [-0.05, 0) is 30.7 Å². The number of hydrogen-bond donors (Lipinski definition) is 2. The van der Waals surface area contributed by atoms with E-state index in [0.29, 0.717) is 22.2 Å². The number of halogens is 3. The van der Waals surface area contributed by atoms with E-state index in [-0.39, 0.29) is 29.9 Å². The first-order chi connectivity index (χ1) is 17.8. The van der Waals surface area contributed by atoms with Crippen molar-refractivity contribution in [2.75, 3.05) is 11.1 Å². The molecule has 0 saturated heterocycles. The number of aromatic nitrogens is 4. The van der Waals surface area contributed by atoms with Crippen molar-refractivity contribution >= 4 is 28.4 Å². The smallest absolute Gasteiger partial charge is 0.255 e. The van der Waals surface area contributed by atoms with Gasteiger partial charge in [-0.25, -0.2) is 13.2 Å². The van der Waals surface area contributed by atoms with Crippen LogP contribution in [-0.4, -0.2) is 25.7 Å². The molecule has 6 rings (SSSR count). The first-order valence-corrected chi connectivity index (χ1v) is 11.4. The number of nitrogens with two attached hydrogens (primary N) is 1. The number of carbonyl (C=O) groups is 1. The Balaban J connectivity index is 1.49. The number of amides is 1. The highest BCUT2D eigenvalue weighted by molar-refractivity contribution is 6.09. The van der Waals surface area contributed by atoms with Crippen LogP contribution in [0.15, 0.2) is 66.7 Å². The molecule has 1 amide bonds. The lowest BCUT2D eigenvalue weighted by Gasteiger charge is -2.23. The van der Waals surface area contributed by atoms with Crippen LogP contribution >= 0.6 is 0 Å². The first-order valence-electron chi connectivity index (χ1n) is 11.4. The third kappa shape index (κ3) is 3.36. The van der Waals surface area contributed by atoms with Gasteiger partial charge in [-0.15, -0.1) is 0 Å². The average molecular weight is 500 g/mol. The third-order valence-electron chi connectivity index (χ3n) is 6.80. The van der Waals surface area contributed by atoms with E-state index in [0.717, 1.165) is 17.7 Å². The molecule has 10 heteroatoms. The topological polar surface area (TPSA) is 98.7 Å². The molecule has 0 fully saturated rings. The molecular formula is C27H19F3N6O. The lowest BCUT2D eigenvalue weighted by Crippen LogP contribution is -2.32. The van der Waals surface area contributed by atoms with Gasteiger partial charge in [0.1, 0.15) is 22.9 Å². The summed E-state index contributed by atoms with van der Waals surface area (Å²) in [4.78, 5) is 22.1. The summed E-state index contributed by atoms with van der Waals surface area (Å²) in [6.45, 7) is 1.76. The predicted octanol–water partition coefficient (Wildman–Crippen LogP) is 4.66. The van der Waals surface area contributed by atoms with Gasteiger partial charge >= 0.3 is 0 Å². The van der Waals surface area contributed by atoms with Gasteiger partial charge in [0, 0.05) is 17.4 Å². The van der Waals surface area contributed by atoms with Crippen LogP contribution in [0.1, 0.15) is 29.3 Å². The van der Waals surface area contributed by atoms with Gasteiger partial charge in [0.25, 0.3) is 5.95 Å². The van der Waals surface area contributed by atoms with Crippen LogP contribution in [0.3, 0.4) is 0 Å². The van der Waals surface area contributed by atoms with Crippen molar-refractivity contribution in [3.05, 3.63) is 107 Å². The molecule has 7 nitrogen and oxygen atoms in total. The van der Waals surface area contributed by atoms with Crippen LogP contribution in [0, 0.1) is 17.5 Å². The number of anilines is 2. The monoisotopic (exact) mass is 500 g/mol. The van der Waals surface area contributed by atoms with Gasteiger partial charge < -0.3 is 11.1 Å². The Labute approximate surface area is 208 Å². The minimum absolute atomic E-state index is 0.0662. The van der Waals surface area contributed by atoms with Crippen LogP contribution in [0.25, 0.3) is 16.9 Å². The summed E-state index contributed by atoms with van der Waals surface area (Å²) in [5, 5.41) is 7.89. The molecule has 0 aliphatic carbocycles. The van der Waals surface area contributed by atoms with E-state index in [1.165, 1.54) is 4.68 Å². The van der Waals surface area contributed by atoms with Crippen LogP contribution < -0.4 is 11.1 Å². The first kappa shape index (κ1) is 22.7. The van der Waals surface area contributed by atoms with Crippen molar-refractivity contribution in [1.82, 2.24) is 19.7 Å². The summed E-state index contributed by atoms with van der Waals surface area (Å²) in [5.41, 5.74) is 6.89. The van der Waals surface area contributed by atoms with Crippen LogP contribution in [0.2, 0.25) is 0 Å². The number of para-hydroxylation sites is 1. The highest BCUT2D eigenvalue weighted by atomic mass is 19.2. The second-order valence-electron chi connectivity index (χ2n) is 8.95. The number of nitrogens with zero attached hydrogens (tertiary/aromatic N) is 4. The zero-order chi connectivity index (χ0) is 25.9. The van der Waals surface area contributed by atoms with Crippen molar-refractivity contribution in [2.24, 2.45) is 0 Å². The van der Waals surface area contributed by atoms with Gasteiger partial charge in [-0.1, -0.05) is 48.5 Å². The Morgan fingerprint density at radius 1 is 0.946 bits per heavy atom. The lowest BCUT2D eigenvalue weighted by atomic mass is 9.78. The standard InChI is InChI=1S/C27H19F3N6O/c1-27(14-7-3-2-4-8-14)21-23(31)32-26(34-24(21)33-25(27)37)36-20-10-6-5-9-15(20)19(35-36)13-16-17(28)11-12-18(29)22(16)30/h2-12H,13H2,1H3,(H3,31,32,33,34,37). The van der Waals surface area contributed by atoms with Crippen molar-refractivity contribution in [3.8, 4) is 5.95 Å². The zero-order valence-electron chi connectivity index (χ0n) is 19.5. The molecule has 37 heavy (non-hydrogen) atoms. The molecule has 0 saturated carbocycles. The van der Waals surface area contributed by atoms with E-state index < -0.39 is 28.4 Å². The summed E-state index contributed by atoms with van der Waals surface area (Å²) < 4.78 is 44.0. The van der Waals surface area contributed by atoms with Gasteiger partial charge in [-0.3, -0.25) is 4.79 Å². The molecule has 5 aromatic rings. The minimum atomic E-state index is -1.26. The van der Waals surface area contributed by atoms with Crippen molar-refractivity contribution in [2.45, 2.75) is 18.8 Å². The van der Waals surface area contributed by atoms with E-state index in [4.69, 9.17) is 5.73 Å². The molecule has 184 valence electrons. The highest BCUT2D eigenvalue weighted by Crippen LogP contribution is 2.44. The molecule has 3 N–H and O–H groups in total. The second-order valence-corrected chi connectivity index (χ2v) is 8.95. The average Bonchev–Trinajstić information content (AvgIpc) is 3.40. The largest absolute Gasteiger partial charge is 0.383 e. The fourth-order valence-electron chi connectivity index (χ4n) is 4.85. The fraction of sp³-hybridized carbons (Fsp3) is 0.111. The molecule has 1 aliphatic heterocycles. The Bertz CT molecular complexity index is 1720. The van der Waals surface area contributed by atoms with Gasteiger partial charge in [-0.2, -0.15) is 19.7 Å². The molecule has 0 bridgehead atoms. The van der Waals surface area contributed by atoms with Crippen molar-refractivity contribution in [3.63, 3.8) is 0 Å². The number of rotatable bonds is 4. The maximum absolute atomic E-state index is 14.4. The molecule has 0 radical (unpaired) electrons. The molecule has 3 aromatic carbocycles. The summed E-state index contributed by atoms with van der Waals surface area (Å²) in [6, 6.07) is 17.8. The van der Waals surface area contributed by atoms with Crippen LogP contribution in [0.5, 0.6) is 0 Å². The van der Waals surface area contributed by atoms with Crippen molar-refractivity contribution < 1.29 is 18.0 Å². The molecule has 3 heterocycles. The lowest BCUT2D eigenvalue weighted by molar-refractivity contribution is -0.119. The van der Waals surface area contributed by atoms with E-state index in [2.05, 4.69) is 20.4 Å². The number of fused-ring (bicyclic) bond motifs is 2. The van der Waals surface area contributed by atoms with Crippen molar-refractivity contribution in [1.29, 1.82) is 0 Å². The fourth-order valence-corrected chi connectivity index (χ4v) is 4.85. The number of nitrogens with one attached hydrogen (secondary N) is 1. The summed E-state index contributed by atoms with van der Waals surface area (Å²) in [7, 11) is 0. The third-order valence-corrected chi connectivity index (χ3v) is 6.80. The second kappa shape index (κ2) is 8.16. The molecule has 1 unspecified atom stereocenters. The summed E-state index contributed by atoms with van der Waals surface area (Å²) in [5.74, 6) is -3.17. The van der Waals surface area contributed by atoms with Crippen LogP contribution in [-0.2, 0) is 16.6 Å². The number of benzene rings is 3. The maximum atomic E-state index is 14.4. The molecule has 1 atom stereocenters. The molecule has 1 aliphatic rings. The van der Waals surface area contributed by atoms with Gasteiger partial charge in [0.05, 0.1) is 16.8 Å². The Morgan fingerprint density at radius 3 is 2.43 bits per heavy atom. The molecular weight excluding hydrogens is 481 g/mol. The summed E-state index contributed by atoms with van der Waals surface area (Å²) in [6.07, 6.45) is -0.299. The highest BCUT2D eigenvalue weighted by Gasteiger charge is 2.47. The Morgan fingerprint density at radius 2 is 1.65 bits per heavy atom. The van der Waals surface area contributed by atoms with Gasteiger partial charge in [0.2, 0.25) is 5.91 Å². The maximum Gasteiger partial charge on any atom is 0.255 e. The summed E-state index contributed by atoms with van der Waals surface area (Å²) >= 11 is 0. The number of nitrogen functional groups attached to an aromatic ring is 1. The van der Waals surface area contributed by atoms with E-state index in [1.54, 1.807) is 31.2 Å². The quantitative estimate of drug-likeness (QED) is 0.350. The number of carbonyl (C=O) groups excluding carboxylic acids is 1. The van der Waals surface area contributed by atoms with E-state index in [9.17, 15) is 18.0 Å². The van der Waals surface area contributed by atoms with Crippen LogP contribution in [0.4, 0.5) is 24.8 Å². The zero-order valence-corrected chi connectivity index (χ0v) is 19.5. The Hall–Kier alpha value is -4.73. The van der Waals surface area contributed by atoms with E-state index in [1.807, 2.05) is 30.3 Å². The Kier molecular flexibility index (Phi) is 5.01.